The number of hydrogen-bond donors (Lipinski definition) is 2. The minimum Gasteiger partial charge on any atom is -0.462 e. The molecule has 1 aliphatic carbocycles. The number of hydrogen-bond acceptors (Lipinski definition) is 3. The summed E-state index contributed by atoms with van der Waals surface area (Å²) in [5.74, 6) is -0.231. The van der Waals surface area contributed by atoms with Crippen LogP contribution >= 0.6 is 0 Å². The minimum atomic E-state index is -0.521. The van der Waals surface area contributed by atoms with Crippen LogP contribution in [0.1, 0.15) is 54.6 Å². The van der Waals surface area contributed by atoms with Crippen molar-refractivity contribution in [2.24, 2.45) is 0 Å². The van der Waals surface area contributed by atoms with Crippen molar-refractivity contribution in [2.45, 2.75) is 38.5 Å². The molecule has 88 valence electrons. The molecule has 1 aliphatic rings. The van der Waals surface area contributed by atoms with Crippen LogP contribution in [0.3, 0.4) is 0 Å². The van der Waals surface area contributed by atoms with Gasteiger partial charge in [-0.1, -0.05) is 12.8 Å². The van der Waals surface area contributed by atoms with E-state index in [1.165, 1.54) is 0 Å². The maximum atomic E-state index is 11.6. The van der Waals surface area contributed by atoms with Gasteiger partial charge in [0, 0.05) is 5.92 Å². The Hall–Kier alpha value is -1.52. The number of aromatic amines is 2. The molecule has 5 nitrogen and oxygen atoms in total. The fourth-order valence-corrected chi connectivity index (χ4v) is 2.30. The van der Waals surface area contributed by atoms with Gasteiger partial charge in [-0.05, 0) is 19.8 Å². The van der Waals surface area contributed by atoms with Gasteiger partial charge >= 0.3 is 5.97 Å². The van der Waals surface area contributed by atoms with Crippen LogP contribution in [-0.2, 0) is 4.74 Å². The number of esters is 1. The predicted molar refractivity (Wildman–Crippen MR) is 58.6 cm³/mol. The van der Waals surface area contributed by atoms with Crippen molar-refractivity contribution < 1.29 is 9.53 Å². The fourth-order valence-electron chi connectivity index (χ4n) is 2.30. The Morgan fingerprint density at radius 1 is 1.38 bits per heavy atom. The average Bonchev–Trinajstić information content (AvgIpc) is 2.86. The summed E-state index contributed by atoms with van der Waals surface area (Å²) in [5.41, 5.74) is 0.509. The molecule has 2 N–H and O–H groups in total. The largest absolute Gasteiger partial charge is 0.462 e. The van der Waals surface area contributed by atoms with E-state index < -0.39 is 5.97 Å². The van der Waals surface area contributed by atoms with Crippen LogP contribution in [0.15, 0.2) is 4.79 Å². The van der Waals surface area contributed by atoms with Crippen molar-refractivity contribution in [3.63, 3.8) is 0 Å². The first-order valence-corrected chi connectivity index (χ1v) is 5.71. The Balaban J connectivity index is 2.31. The van der Waals surface area contributed by atoms with Gasteiger partial charge in [-0.15, -0.1) is 0 Å². The van der Waals surface area contributed by atoms with E-state index in [1.54, 1.807) is 6.92 Å². The van der Waals surface area contributed by atoms with Gasteiger partial charge in [0.15, 0.2) is 0 Å². The Kier molecular flexibility index (Phi) is 3.12. The highest BCUT2D eigenvalue weighted by atomic mass is 16.5. The van der Waals surface area contributed by atoms with Crippen LogP contribution in [0, 0.1) is 0 Å². The Labute approximate surface area is 93.2 Å². The van der Waals surface area contributed by atoms with Crippen LogP contribution in [0.5, 0.6) is 0 Å². The van der Waals surface area contributed by atoms with Crippen LogP contribution in [0.2, 0.25) is 0 Å². The third-order valence-electron chi connectivity index (χ3n) is 3.05. The standard InChI is InChI=1S/C11H16N2O3/c1-2-16-11(15)8-9(12-13-10(8)14)7-5-3-4-6-7/h7H,2-6H2,1H3,(H2,12,13,14). The molecule has 2 rings (SSSR count). The van der Waals surface area contributed by atoms with Gasteiger partial charge in [0.2, 0.25) is 0 Å². The monoisotopic (exact) mass is 224 g/mol. The third kappa shape index (κ3) is 1.89. The molecule has 0 aromatic carbocycles. The van der Waals surface area contributed by atoms with Gasteiger partial charge in [-0.2, -0.15) is 0 Å². The van der Waals surface area contributed by atoms with Gasteiger partial charge in [0.25, 0.3) is 5.56 Å². The summed E-state index contributed by atoms with van der Waals surface area (Å²) < 4.78 is 4.89. The van der Waals surface area contributed by atoms with Crippen molar-refractivity contribution in [3.05, 3.63) is 21.6 Å². The second kappa shape index (κ2) is 4.55. The summed E-state index contributed by atoms with van der Waals surface area (Å²) in [6, 6.07) is 0. The summed E-state index contributed by atoms with van der Waals surface area (Å²) in [5, 5.41) is 5.29. The molecule has 1 aromatic heterocycles. The Morgan fingerprint density at radius 2 is 2.06 bits per heavy atom. The van der Waals surface area contributed by atoms with E-state index >= 15 is 0 Å². The first kappa shape index (κ1) is 11.0. The van der Waals surface area contributed by atoms with Crippen LogP contribution in [0.4, 0.5) is 0 Å². The third-order valence-corrected chi connectivity index (χ3v) is 3.05. The van der Waals surface area contributed by atoms with E-state index in [4.69, 9.17) is 4.74 Å². The predicted octanol–water partition coefficient (Wildman–Crippen LogP) is 1.54. The summed E-state index contributed by atoms with van der Waals surface area (Å²) in [6.07, 6.45) is 4.36. The van der Waals surface area contributed by atoms with Crippen molar-refractivity contribution in [3.8, 4) is 0 Å². The highest BCUT2D eigenvalue weighted by Crippen LogP contribution is 2.33. The summed E-state index contributed by atoms with van der Waals surface area (Å²) in [4.78, 5) is 23.2. The van der Waals surface area contributed by atoms with Crippen molar-refractivity contribution in [1.82, 2.24) is 10.2 Å². The topological polar surface area (TPSA) is 75.0 Å². The van der Waals surface area contributed by atoms with Crippen LogP contribution < -0.4 is 5.56 Å². The first-order chi connectivity index (χ1) is 7.74. The summed E-state index contributed by atoms with van der Waals surface area (Å²) in [7, 11) is 0. The number of ether oxygens (including phenoxy) is 1. The van der Waals surface area contributed by atoms with Gasteiger partial charge in [-0.25, -0.2) is 4.79 Å². The Bertz CT molecular complexity index is 427. The van der Waals surface area contributed by atoms with Crippen molar-refractivity contribution >= 4 is 5.97 Å². The molecule has 0 atom stereocenters. The number of carbonyl (C=O) groups excluding carboxylic acids is 1. The zero-order valence-corrected chi connectivity index (χ0v) is 9.34. The Morgan fingerprint density at radius 3 is 2.69 bits per heavy atom. The minimum absolute atomic E-state index is 0.161. The lowest BCUT2D eigenvalue weighted by Crippen LogP contribution is -2.17. The quantitative estimate of drug-likeness (QED) is 0.765. The van der Waals surface area contributed by atoms with E-state index in [2.05, 4.69) is 10.2 Å². The van der Waals surface area contributed by atoms with E-state index in [-0.39, 0.29) is 17.7 Å². The molecule has 1 fully saturated rings. The number of rotatable bonds is 3. The lowest BCUT2D eigenvalue weighted by Gasteiger charge is -2.08. The zero-order chi connectivity index (χ0) is 11.5. The maximum Gasteiger partial charge on any atom is 0.345 e. The molecule has 0 radical (unpaired) electrons. The molecule has 1 saturated carbocycles. The SMILES string of the molecule is CCOC(=O)c1c(C2CCCC2)[nH][nH]c1=O. The second-order valence-corrected chi connectivity index (χ2v) is 4.07. The lowest BCUT2D eigenvalue weighted by molar-refractivity contribution is 0.0523. The van der Waals surface area contributed by atoms with Crippen molar-refractivity contribution in [2.75, 3.05) is 6.61 Å². The van der Waals surface area contributed by atoms with Crippen LogP contribution in [0.25, 0.3) is 0 Å². The molecule has 0 bridgehead atoms. The van der Waals surface area contributed by atoms with Gasteiger partial charge in [0.05, 0.1) is 12.3 Å². The van der Waals surface area contributed by atoms with Gasteiger partial charge in [-0.3, -0.25) is 9.89 Å². The number of carbonyl (C=O) groups is 1. The fraction of sp³-hybridized carbons (Fsp3) is 0.636. The highest BCUT2D eigenvalue weighted by Gasteiger charge is 2.27. The first-order valence-electron chi connectivity index (χ1n) is 5.71. The molecule has 0 spiro atoms. The van der Waals surface area contributed by atoms with Gasteiger partial charge in [0.1, 0.15) is 5.56 Å². The molecule has 16 heavy (non-hydrogen) atoms. The average molecular weight is 224 g/mol. The van der Waals surface area contributed by atoms with Crippen LogP contribution in [-0.4, -0.2) is 22.8 Å². The number of H-pyrrole nitrogens is 2. The molecule has 0 unspecified atom stereocenters. The molecule has 1 heterocycles. The normalized spacial score (nSPS) is 16.6. The molecule has 0 amide bonds. The summed E-state index contributed by atoms with van der Waals surface area (Å²) >= 11 is 0. The molecular weight excluding hydrogens is 208 g/mol. The number of aromatic nitrogens is 2. The van der Waals surface area contributed by atoms with E-state index in [9.17, 15) is 9.59 Å². The zero-order valence-electron chi connectivity index (χ0n) is 9.34. The smallest absolute Gasteiger partial charge is 0.345 e. The summed E-state index contributed by atoms with van der Waals surface area (Å²) in [6.45, 7) is 2.02. The molecule has 0 saturated heterocycles. The maximum absolute atomic E-state index is 11.6. The number of nitrogens with one attached hydrogen (secondary N) is 2. The van der Waals surface area contributed by atoms with E-state index in [0.717, 1.165) is 31.4 Å². The van der Waals surface area contributed by atoms with E-state index in [0.29, 0.717) is 5.92 Å². The molecule has 5 heteroatoms. The molecule has 1 aromatic rings. The highest BCUT2D eigenvalue weighted by molar-refractivity contribution is 5.90. The van der Waals surface area contributed by atoms with E-state index in [1.807, 2.05) is 0 Å². The molecule has 0 aliphatic heterocycles. The van der Waals surface area contributed by atoms with Gasteiger partial charge < -0.3 is 9.84 Å². The molecular formula is C11H16N2O3. The second-order valence-electron chi connectivity index (χ2n) is 4.07. The van der Waals surface area contributed by atoms with Crippen molar-refractivity contribution in [1.29, 1.82) is 0 Å². The lowest BCUT2D eigenvalue weighted by atomic mass is 10.0.